The predicted octanol–water partition coefficient (Wildman–Crippen LogP) is 0.389. The summed E-state index contributed by atoms with van der Waals surface area (Å²) in [6.07, 6.45) is 6.06. The van der Waals surface area contributed by atoms with Crippen LogP contribution >= 0.6 is 0 Å². The number of piperidine rings is 1. The number of aryl methyl sites for hydroxylation is 1. The Balaban J connectivity index is 1.76. The Hall–Kier alpha value is -0.890. The molecule has 7 heteroatoms. The molecule has 2 unspecified atom stereocenters. The van der Waals surface area contributed by atoms with Gasteiger partial charge >= 0.3 is 0 Å². The smallest absolute Gasteiger partial charge is 0.242 e. The van der Waals surface area contributed by atoms with Gasteiger partial charge in [0.25, 0.3) is 0 Å². The fourth-order valence-electron chi connectivity index (χ4n) is 3.58. The number of aromatic nitrogens is 1. The first kappa shape index (κ1) is 15.0. The van der Waals surface area contributed by atoms with Crippen molar-refractivity contribution in [2.75, 3.05) is 13.1 Å². The van der Waals surface area contributed by atoms with Crippen LogP contribution in [0.4, 0.5) is 0 Å². The maximum Gasteiger partial charge on any atom is 0.242 e. The number of hydrogen-bond acceptors (Lipinski definition) is 4. The van der Waals surface area contributed by atoms with Gasteiger partial charge in [-0.1, -0.05) is 6.42 Å². The van der Waals surface area contributed by atoms with Crippen LogP contribution in [-0.4, -0.2) is 43.1 Å². The van der Waals surface area contributed by atoms with E-state index in [0.717, 1.165) is 31.6 Å². The molecule has 118 valence electrons. The number of nitrogens with zero attached hydrogens (tertiary/aromatic N) is 2. The molecule has 3 N–H and O–H groups in total. The number of sulfonamides is 1. The summed E-state index contributed by atoms with van der Waals surface area (Å²) in [4.78, 5) is 2.74. The van der Waals surface area contributed by atoms with Gasteiger partial charge in [0.15, 0.2) is 0 Å². The molecule has 2 atom stereocenters. The van der Waals surface area contributed by atoms with Gasteiger partial charge in [0.05, 0.1) is 4.90 Å². The summed E-state index contributed by atoms with van der Waals surface area (Å²) < 4.78 is 29.8. The highest BCUT2D eigenvalue weighted by Crippen LogP contribution is 2.28. The maximum absolute atomic E-state index is 12.6. The Morgan fingerprint density at radius 1 is 1.33 bits per heavy atom. The zero-order chi connectivity index (χ0) is 15.0. The molecule has 0 bridgehead atoms. The molecular formula is C14H24N4O2S. The van der Waals surface area contributed by atoms with Gasteiger partial charge in [-0.05, 0) is 31.9 Å². The molecule has 3 rings (SSSR count). The van der Waals surface area contributed by atoms with Crippen LogP contribution in [0.3, 0.4) is 0 Å². The molecule has 2 fully saturated rings. The van der Waals surface area contributed by atoms with E-state index in [0.29, 0.717) is 17.5 Å². The summed E-state index contributed by atoms with van der Waals surface area (Å²) in [6.45, 7) is 2.44. The van der Waals surface area contributed by atoms with Gasteiger partial charge in [-0.2, -0.15) is 0 Å². The molecule has 6 nitrogen and oxygen atoms in total. The molecule has 2 aliphatic rings. The number of rotatable bonds is 4. The molecule has 0 radical (unpaired) electrons. The van der Waals surface area contributed by atoms with Crippen LogP contribution in [0.15, 0.2) is 17.2 Å². The zero-order valence-electron chi connectivity index (χ0n) is 12.5. The van der Waals surface area contributed by atoms with E-state index < -0.39 is 10.0 Å². The van der Waals surface area contributed by atoms with E-state index in [2.05, 4.69) is 9.62 Å². The highest BCUT2D eigenvalue weighted by atomic mass is 32.2. The number of fused-ring (bicyclic) bond motifs is 1. The summed E-state index contributed by atoms with van der Waals surface area (Å²) in [5, 5.41) is 0. The van der Waals surface area contributed by atoms with Crippen LogP contribution in [-0.2, 0) is 23.6 Å². The Labute approximate surface area is 126 Å². The zero-order valence-corrected chi connectivity index (χ0v) is 13.3. The Morgan fingerprint density at radius 2 is 2.14 bits per heavy atom. The average Bonchev–Trinajstić information content (AvgIpc) is 3.03. The van der Waals surface area contributed by atoms with Gasteiger partial charge in [0.2, 0.25) is 10.0 Å². The monoisotopic (exact) mass is 312 g/mol. The van der Waals surface area contributed by atoms with Gasteiger partial charge in [-0.25, -0.2) is 13.1 Å². The summed E-state index contributed by atoms with van der Waals surface area (Å²) in [5.41, 5.74) is 6.44. The third-order valence-corrected chi connectivity index (χ3v) is 6.22. The van der Waals surface area contributed by atoms with Crippen LogP contribution in [0.25, 0.3) is 0 Å². The van der Waals surface area contributed by atoms with Crippen LogP contribution in [0.1, 0.15) is 31.4 Å². The molecule has 3 heterocycles. The lowest BCUT2D eigenvalue weighted by atomic mass is 10.00. The lowest BCUT2D eigenvalue weighted by molar-refractivity contribution is 0.186. The predicted molar refractivity (Wildman–Crippen MR) is 81.2 cm³/mol. The molecule has 2 saturated heterocycles. The lowest BCUT2D eigenvalue weighted by Gasteiger charge is -2.32. The van der Waals surface area contributed by atoms with Crippen molar-refractivity contribution < 1.29 is 8.42 Å². The Morgan fingerprint density at radius 3 is 2.86 bits per heavy atom. The normalized spacial score (nSPS) is 27.0. The van der Waals surface area contributed by atoms with Gasteiger partial charge in [0, 0.05) is 44.1 Å². The van der Waals surface area contributed by atoms with Gasteiger partial charge < -0.3 is 10.3 Å². The van der Waals surface area contributed by atoms with E-state index in [4.69, 9.17) is 5.73 Å². The van der Waals surface area contributed by atoms with Crippen molar-refractivity contribution in [3.05, 3.63) is 18.0 Å². The van der Waals surface area contributed by atoms with E-state index in [1.165, 1.54) is 12.8 Å². The topological polar surface area (TPSA) is 80.4 Å². The minimum atomic E-state index is -3.46. The van der Waals surface area contributed by atoms with Gasteiger partial charge in [-0.3, -0.25) is 4.90 Å². The van der Waals surface area contributed by atoms with Crippen LogP contribution in [0.2, 0.25) is 0 Å². The first-order chi connectivity index (χ1) is 10.0. The number of hydrogen-bond donors (Lipinski definition) is 2. The first-order valence-electron chi connectivity index (χ1n) is 7.63. The standard InChI is InChI=1S/C14H24N4O2S/c1-17-10-12(8-11(17)9-15)21(19,20)16-13-5-7-18-6-3-2-4-14(13)18/h8,10,13-14,16H,2-7,9,15H2,1H3. The van der Waals surface area contributed by atoms with Crippen molar-refractivity contribution >= 4 is 10.0 Å². The first-order valence-corrected chi connectivity index (χ1v) is 9.11. The summed E-state index contributed by atoms with van der Waals surface area (Å²) in [6, 6.07) is 2.07. The van der Waals surface area contributed by atoms with Gasteiger partial charge in [0.1, 0.15) is 0 Å². The third-order valence-electron chi connectivity index (χ3n) is 4.76. The number of nitrogens with two attached hydrogens (primary N) is 1. The van der Waals surface area contributed by atoms with Crippen molar-refractivity contribution in [1.29, 1.82) is 0 Å². The fourth-order valence-corrected chi connectivity index (χ4v) is 4.98. The molecule has 1 aromatic heterocycles. The quantitative estimate of drug-likeness (QED) is 0.843. The minimum Gasteiger partial charge on any atom is -0.352 e. The van der Waals surface area contributed by atoms with E-state index >= 15 is 0 Å². The molecule has 2 aliphatic heterocycles. The van der Waals surface area contributed by atoms with E-state index in [1.54, 1.807) is 16.8 Å². The van der Waals surface area contributed by atoms with E-state index in [9.17, 15) is 8.42 Å². The highest BCUT2D eigenvalue weighted by molar-refractivity contribution is 7.89. The SMILES string of the molecule is Cn1cc(S(=O)(=O)NC2CCN3CCCCC23)cc1CN. The molecule has 0 saturated carbocycles. The van der Waals surface area contributed by atoms with Crippen LogP contribution in [0, 0.1) is 0 Å². The van der Waals surface area contributed by atoms with E-state index in [1.807, 2.05) is 7.05 Å². The Bertz CT molecular complexity index is 610. The van der Waals surface area contributed by atoms with Crippen LogP contribution < -0.4 is 10.5 Å². The van der Waals surface area contributed by atoms with Crippen LogP contribution in [0.5, 0.6) is 0 Å². The summed E-state index contributed by atoms with van der Waals surface area (Å²) in [7, 11) is -1.64. The molecule has 21 heavy (non-hydrogen) atoms. The van der Waals surface area contributed by atoms with Crippen molar-refractivity contribution in [2.24, 2.45) is 12.8 Å². The van der Waals surface area contributed by atoms with Crippen molar-refractivity contribution in [2.45, 2.75) is 49.2 Å². The molecule has 0 aromatic carbocycles. The summed E-state index contributed by atoms with van der Waals surface area (Å²) in [5.74, 6) is 0. The second-order valence-corrected chi connectivity index (χ2v) is 7.81. The minimum absolute atomic E-state index is 0.0387. The molecule has 1 aromatic rings. The highest BCUT2D eigenvalue weighted by Gasteiger charge is 2.37. The average molecular weight is 312 g/mol. The number of nitrogens with one attached hydrogen (secondary N) is 1. The molecular weight excluding hydrogens is 288 g/mol. The van der Waals surface area contributed by atoms with Gasteiger partial charge in [-0.15, -0.1) is 0 Å². The summed E-state index contributed by atoms with van der Waals surface area (Å²) >= 11 is 0. The fraction of sp³-hybridized carbons (Fsp3) is 0.714. The van der Waals surface area contributed by atoms with Crippen molar-refractivity contribution in [1.82, 2.24) is 14.2 Å². The second-order valence-electron chi connectivity index (χ2n) is 6.10. The molecule has 0 amide bonds. The molecule has 0 spiro atoms. The second kappa shape index (κ2) is 5.72. The Kier molecular flexibility index (Phi) is 4.09. The maximum atomic E-state index is 12.6. The van der Waals surface area contributed by atoms with E-state index in [-0.39, 0.29) is 6.04 Å². The van der Waals surface area contributed by atoms with Crippen molar-refractivity contribution in [3.8, 4) is 0 Å². The van der Waals surface area contributed by atoms with Crippen molar-refractivity contribution in [3.63, 3.8) is 0 Å². The lowest BCUT2D eigenvalue weighted by Crippen LogP contribution is -2.46. The third kappa shape index (κ3) is 2.88. The molecule has 0 aliphatic carbocycles. The largest absolute Gasteiger partial charge is 0.352 e.